The highest BCUT2D eigenvalue weighted by atomic mass is 16.2. The Labute approximate surface area is 133 Å². The van der Waals surface area contributed by atoms with E-state index in [0.29, 0.717) is 11.2 Å². The van der Waals surface area contributed by atoms with Crippen molar-refractivity contribution in [2.75, 3.05) is 27.2 Å². The highest BCUT2D eigenvalue weighted by Crippen LogP contribution is 2.31. The summed E-state index contributed by atoms with van der Waals surface area (Å²) in [5.74, 6) is -0.476. The van der Waals surface area contributed by atoms with Crippen LogP contribution in [0.1, 0.15) is 34.9 Å². The standard InChI is InChI=1S/C15H20N6O2/c1-19(2)15(23)10-8-18-21-12(5-6-17-14(10)21)11-4-3-7-20(11)9-13(16)22/h5-6,8,11H,3-4,7,9H2,1-2H3,(H2,16,22)/t11-/m0/s1. The number of rotatable bonds is 4. The van der Waals surface area contributed by atoms with Gasteiger partial charge < -0.3 is 10.6 Å². The van der Waals surface area contributed by atoms with E-state index in [-0.39, 0.29) is 24.4 Å². The van der Waals surface area contributed by atoms with E-state index in [0.717, 1.165) is 25.1 Å². The van der Waals surface area contributed by atoms with E-state index in [9.17, 15) is 9.59 Å². The van der Waals surface area contributed by atoms with Gasteiger partial charge in [-0.2, -0.15) is 5.10 Å². The minimum absolute atomic E-state index is 0.0511. The number of carbonyl (C=O) groups is 2. The van der Waals surface area contributed by atoms with E-state index in [1.54, 1.807) is 31.0 Å². The second kappa shape index (κ2) is 5.96. The van der Waals surface area contributed by atoms with Gasteiger partial charge in [0.2, 0.25) is 5.91 Å². The second-order valence-electron chi connectivity index (χ2n) is 5.96. The van der Waals surface area contributed by atoms with Crippen molar-refractivity contribution in [3.63, 3.8) is 0 Å². The molecule has 0 unspecified atom stereocenters. The third kappa shape index (κ3) is 2.77. The zero-order valence-corrected chi connectivity index (χ0v) is 13.3. The normalized spacial score (nSPS) is 18.4. The number of nitrogens with zero attached hydrogens (tertiary/aromatic N) is 5. The van der Waals surface area contributed by atoms with Crippen LogP contribution >= 0.6 is 0 Å². The van der Waals surface area contributed by atoms with Crippen molar-refractivity contribution >= 4 is 17.5 Å². The molecule has 0 spiro atoms. The highest BCUT2D eigenvalue weighted by Gasteiger charge is 2.30. The molecule has 8 nitrogen and oxygen atoms in total. The lowest BCUT2D eigenvalue weighted by molar-refractivity contribution is -0.119. The summed E-state index contributed by atoms with van der Waals surface area (Å²) in [6.07, 6.45) is 5.14. The lowest BCUT2D eigenvalue weighted by Crippen LogP contribution is -2.34. The first kappa shape index (κ1) is 15.4. The molecule has 1 aliphatic rings. The van der Waals surface area contributed by atoms with Crippen molar-refractivity contribution in [1.82, 2.24) is 24.4 Å². The Morgan fingerprint density at radius 3 is 2.91 bits per heavy atom. The number of hydrogen-bond donors (Lipinski definition) is 1. The fraction of sp³-hybridized carbons (Fsp3) is 0.467. The van der Waals surface area contributed by atoms with Crippen LogP contribution < -0.4 is 5.73 Å². The van der Waals surface area contributed by atoms with Gasteiger partial charge in [0.05, 0.1) is 24.5 Å². The third-order valence-corrected chi connectivity index (χ3v) is 4.13. The second-order valence-corrected chi connectivity index (χ2v) is 5.96. The molecule has 1 atom stereocenters. The number of primary amides is 1. The molecule has 0 saturated carbocycles. The molecule has 1 fully saturated rings. The SMILES string of the molecule is CN(C)C(=O)c1cnn2c([C@@H]3CCCN3CC(N)=O)ccnc12. The van der Waals surface area contributed by atoms with Crippen LogP contribution in [-0.4, -0.2) is 63.4 Å². The number of fused-ring (bicyclic) bond motifs is 1. The molecule has 1 aliphatic heterocycles. The number of hydrogen-bond acceptors (Lipinski definition) is 5. The Hall–Kier alpha value is -2.48. The molecule has 0 radical (unpaired) electrons. The van der Waals surface area contributed by atoms with Gasteiger partial charge in [-0.25, -0.2) is 9.50 Å². The lowest BCUT2D eigenvalue weighted by atomic mass is 10.1. The molecule has 0 aromatic carbocycles. The van der Waals surface area contributed by atoms with E-state index in [4.69, 9.17) is 5.73 Å². The number of carbonyl (C=O) groups excluding carboxylic acids is 2. The predicted molar refractivity (Wildman–Crippen MR) is 83.7 cm³/mol. The first-order valence-corrected chi connectivity index (χ1v) is 7.55. The number of aromatic nitrogens is 3. The van der Waals surface area contributed by atoms with E-state index in [1.807, 2.05) is 11.0 Å². The van der Waals surface area contributed by atoms with Crippen LogP contribution in [0.15, 0.2) is 18.5 Å². The van der Waals surface area contributed by atoms with Crippen LogP contribution in [0.2, 0.25) is 0 Å². The van der Waals surface area contributed by atoms with Gasteiger partial charge in [-0.3, -0.25) is 14.5 Å². The fourth-order valence-electron chi connectivity index (χ4n) is 3.10. The maximum Gasteiger partial charge on any atom is 0.258 e. The molecule has 2 N–H and O–H groups in total. The van der Waals surface area contributed by atoms with Gasteiger partial charge in [0, 0.05) is 20.3 Å². The van der Waals surface area contributed by atoms with Crippen LogP contribution in [0.4, 0.5) is 0 Å². The van der Waals surface area contributed by atoms with Gasteiger partial charge in [0.25, 0.3) is 5.91 Å². The fourth-order valence-corrected chi connectivity index (χ4v) is 3.10. The average molecular weight is 316 g/mol. The summed E-state index contributed by atoms with van der Waals surface area (Å²) in [7, 11) is 3.39. The zero-order chi connectivity index (χ0) is 16.6. The monoisotopic (exact) mass is 316 g/mol. The molecular weight excluding hydrogens is 296 g/mol. The maximum absolute atomic E-state index is 12.2. The summed E-state index contributed by atoms with van der Waals surface area (Å²) in [4.78, 5) is 31.3. The van der Waals surface area contributed by atoms with Crippen molar-refractivity contribution in [2.45, 2.75) is 18.9 Å². The van der Waals surface area contributed by atoms with E-state index < -0.39 is 0 Å². The third-order valence-electron chi connectivity index (χ3n) is 4.13. The van der Waals surface area contributed by atoms with Gasteiger partial charge >= 0.3 is 0 Å². The quantitative estimate of drug-likeness (QED) is 0.860. The molecule has 1 saturated heterocycles. The first-order valence-electron chi connectivity index (χ1n) is 7.55. The van der Waals surface area contributed by atoms with Crippen LogP contribution in [0.25, 0.3) is 5.65 Å². The summed E-state index contributed by atoms with van der Waals surface area (Å²) in [6, 6.07) is 1.93. The number of likely N-dealkylation sites (tertiary alicyclic amines) is 1. The van der Waals surface area contributed by atoms with Crippen molar-refractivity contribution in [2.24, 2.45) is 5.73 Å². The molecule has 8 heteroatoms. The highest BCUT2D eigenvalue weighted by molar-refractivity contribution is 5.99. The smallest absolute Gasteiger partial charge is 0.258 e. The molecule has 0 bridgehead atoms. The number of amides is 2. The average Bonchev–Trinajstić information content (AvgIpc) is 3.12. The van der Waals surface area contributed by atoms with E-state index in [2.05, 4.69) is 10.1 Å². The summed E-state index contributed by atoms with van der Waals surface area (Å²) < 4.78 is 1.70. The van der Waals surface area contributed by atoms with Gasteiger partial charge in [-0.15, -0.1) is 0 Å². The van der Waals surface area contributed by atoms with Crippen molar-refractivity contribution in [1.29, 1.82) is 0 Å². The molecule has 0 aliphatic carbocycles. The van der Waals surface area contributed by atoms with Crippen LogP contribution in [0.5, 0.6) is 0 Å². The molecule has 122 valence electrons. The molecule has 2 aromatic heterocycles. The zero-order valence-electron chi connectivity index (χ0n) is 13.3. The van der Waals surface area contributed by atoms with Gasteiger partial charge in [-0.1, -0.05) is 0 Å². The van der Waals surface area contributed by atoms with Crippen molar-refractivity contribution in [3.8, 4) is 0 Å². The Bertz CT molecular complexity index is 754. The van der Waals surface area contributed by atoms with E-state index in [1.165, 1.54) is 4.90 Å². The van der Waals surface area contributed by atoms with Crippen LogP contribution in [0, 0.1) is 0 Å². The van der Waals surface area contributed by atoms with E-state index >= 15 is 0 Å². The summed E-state index contributed by atoms with van der Waals surface area (Å²) in [5, 5.41) is 4.34. The summed E-state index contributed by atoms with van der Waals surface area (Å²) >= 11 is 0. The molecule has 2 amide bonds. The Morgan fingerprint density at radius 2 is 2.22 bits per heavy atom. The molecular formula is C15H20N6O2. The minimum atomic E-state index is -0.342. The topological polar surface area (TPSA) is 96.8 Å². The molecule has 3 rings (SSSR count). The summed E-state index contributed by atoms with van der Waals surface area (Å²) in [5.41, 5.74) is 7.26. The van der Waals surface area contributed by atoms with Gasteiger partial charge in [0.15, 0.2) is 5.65 Å². The number of nitrogens with two attached hydrogens (primary N) is 1. The summed E-state index contributed by atoms with van der Waals surface area (Å²) in [6.45, 7) is 1.04. The Morgan fingerprint density at radius 1 is 1.43 bits per heavy atom. The van der Waals surface area contributed by atoms with Gasteiger partial charge in [0.1, 0.15) is 5.56 Å². The largest absolute Gasteiger partial charge is 0.369 e. The van der Waals surface area contributed by atoms with Crippen molar-refractivity contribution < 1.29 is 9.59 Å². The predicted octanol–water partition coefficient (Wildman–Crippen LogP) is 0.0533. The van der Waals surface area contributed by atoms with Crippen LogP contribution in [0.3, 0.4) is 0 Å². The Balaban J connectivity index is 2.02. The van der Waals surface area contributed by atoms with Gasteiger partial charge in [-0.05, 0) is 25.5 Å². The maximum atomic E-state index is 12.2. The minimum Gasteiger partial charge on any atom is -0.369 e. The first-order chi connectivity index (χ1) is 11.0. The molecule has 23 heavy (non-hydrogen) atoms. The lowest BCUT2D eigenvalue weighted by Gasteiger charge is -2.23. The Kier molecular flexibility index (Phi) is 3.99. The van der Waals surface area contributed by atoms with Crippen LogP contribution in [-0.2, 0) is 4.79 Å². The molecule has 2 aromatic rings. The van der Waals surface area contributed by atoms with Crippen molar-refractivity contribution in [3.05, 3.63) is 29.7 Å². The molecule has 3 heterocycles.